The number of halogens is 3. The van der Waals surface area contributed by atoms with Crippen molar-refractivity contribution in [2.24, 2.45) is 5.92 Å². The molecule has 2 aliphatic heterocycles. The first-order valence-corrected chi connectivity index (χ1v) is 8.98. The Morgan fingerprint density at radius 2 is 1.92 bits per heavy atom. The Morgan fingerprint density at radius 3 is 2.58 bits per heavy atom. The molecule has 0 amide bonds. The SMILES string of the molecule is FC(F)(F)c1cc([C@@H]2CN(C[C@H]3CCOC3)C[C@H]2c2ccccc2)[nH]n1. The summed E-state index contributed by atoms with van der Waals surface area (Å²) < 4.78 is 44.3. The number of hydrogen-bond donors (Lipinski definition) is 1. The van der Waals surface area contributed by atoms with E-state index in [-0.39, 0.29) is 11.8 Å². The fraction of sp³-hybridized carbons (Fsp3) is 0.526. The number of ether oxygens (including phenoxy) is 1. The van der Waals surface area contributed by atoms with Gasteiger partial charge in [-0.25, -0.2) is 0 Å². The number of likely N-dealkylation sites (tertiary alicyclic amines) is 1. The number of benzene rings is 1. The Balaban J connectivity index is 1.57. The van der Waals surface area contributed by atoms with Crippen molar-refractivity contribution in [1.29, 1.82) is 0 Å². The van der Waals surface area contributed by atoms with Crippen molar-refractivity contribution in [3.05, 3.63) is 53.3 Å². The molecule has 3 atom stereocenters. The topological polar surface area (TPSA) is 41.1 Å². The number of aromatic amines is 1. The average Bonchev–Trinajstić information content (AvgIpc) is 3.35. The van der Waals surface area contributed by atoms with Crippen molar-refractivity contribution in [2.75, 3.05) is 32.8 Å². The van der Waals surface area contributed by atoms with Crippen molar-refractivity contribution >= 4 is 0 Å². The molecule has 1 aromatic carbocycles. The fourth-order valence-corrected chi connectivity index (χ4v) is 4.15. The highest BCUT2D eigenvalue weighted by molar-refractivity contribution is 5.29. The second-order valence-corrected chi connectivity index (χ2v) is 7.28. The molecular formula is C19H22F3N3O. The molecule has 3 heterocycles. The van der Waals surface area contributed by atoms with Gasteiger partial charge in [0.25, 0.3) is 0 Å². The molecule has 4 nitrogen and oxygen atoms in total. The van der Waals surface area contributed by atoms with E-state index in [1.807, 2.05) is 18.2 Å². The highest BCUT2D eigenvalue weighted by Gasteiger charge is 2.39. The summed E-state index contributed by atoms with van der Waals surface area (Å²) >= 11 is 0. The van der Waals surface area contributed by atoms with E-state index in [0.29, 0.717) is 11.6 Å². The van der Waals surface area contributed by atoms with E-state index in [1.165, 1.54) is 6.07 Å². The van der Waals surface area contributed by atoms with E-state index in [2.05, 4.69) is 27.2 Å². The molecule has 0 unspecified atom stereocenters. The maximum Gasteiger partial charge on any atom is 0.435 e. The van der Waals surface area contributed by atoms with Crippen LogP contribution in [0.15, 0.2) is 36.4 Å². The Morgan fingerprint density at radius 1 is 1.15 bits per heavy atom. The summed E-state index contributed by atoms with van der Waals surface area (Å²) in [5.41, 5.74) is 0.879. The maximum absolute atomic E-state index is 12.9. The molecule has 1 N–H and O–H groups in total. The normalized spacial score (nSPS) is 27.3. The minimum absolute atomic E-state index is 0.0247. The Hall–Kier alpha value is -1.86. The van der Waals surface area contributed by atoms with Gasteiger partial charge in [0.15, 0.2) is 5.69 Å². The lowest BCUT2D eigenvalue weighted by atomic mass is 9.87. The van der Waals surface area contributed by atoms with E-state index in [4.69, 9.17) is 4.74 Å². The third-order valence-corrected chi connectivity index (χ3v) is 5.45. The van der Waals surface area contributed by atoms with Gasteiger partial charge in [0.1, 0.15) is 0 Å². The summed E-state index contributed by atoms with van der Waals surface area (Å²) in [5, 5.41) is 6.15. The number of aromatic nitrogens is 2. The molecule has 0 bridgehead atoms. The smallest absolute Gasteiger partial charge is 0.381 e. The molecule has 0 aliphatic carbocycles. The Labute approximate surface area is 150 Å². The van der Waals surface area contributed by atoms with Crippen molar-refractivity contribution in [3.8, 4) is 0 Å². The second kappa shape index (κ2) is 7.04. The Bertz CT molecular complexity index is 725. The van der Waals surface area contributed by atoms with Gasteiger partial charge in [-0.15, -0.1) is 0 Å². The predicted octanol–water partition coefficient (Wildman–Crippen LogP) is 3.65. The molecular weight excluding hydrogens is 343 g/mol. The minimum atomic E-state index is -4.42. The van der Waals surface area contributed by atoms with Crippen LogP contribution in [0.5, 0.6) is 0 Å². The average molecular weight is 365 g/mol. The molecule has 140 valence electrons. The summed E-state index contributed by atoms with van der Waals surface area (Å²) in [4.78, 5) is 2.36. The molecule has 0 radical (unpaired) electrons. The molecule has 26 heavy (non-hydrogen) atoms. The quantitative estimate of drug-likeness (QED) is 0.899. The zero-order chi connectivity index (χ0) is 18.1. The molecule has 0 spiro atoms. The molecule has 0 saturated carbocycles. The van der Waals surface area contributed by atoms with Gasteiger partial charge < -0.3 is 9.64 Å². The van der Waals surface area contributed by atoms with Crippen LogP contribution in [-0.4, -0.2) is 47.9 Å². The first-order chi connectivity index (χ1) is 12.5. The lowest BCUT2D eigenvalue weighted by Crippen LogP contribution is -2.28. The highest BCUT2D eigenvalue weighted by atomic mass is 19.4. The highest BCUT2D eigenvalue weighted by Crippen LogP contribution is 2.40. The lowest BCUT2D eigenvalue weighted by molar-refractivity contribution is -0.141. The second-order valence-electron chi connectivity index (χ2n) is 7.28. The van der Waals surface area contributed by atoms with E-state index in [0.717, 1.165) is 44.8 Å². The van der Waals surface area contributed by atoms with Gasteiger partial charge in [0.2, 0.25) is 0 Å². The lowest BCUT2D eigenvalue weighted by Gasteiger charge is -2.19. The van der Waals surface area contributed by atoms with Crippen molar-refractivity contribution in [2.45, 2.75) is 24.4 Å². The molecule has 7 heteroatoms. The monoisotopic (exact) mass is 365 g/mol. The van der Waals surface area contributed by atoms with Crippen LogP contribution in [0, 0.1) is 5.92 Å². The first kappa shape index (κ1) is 17.5. The number of hydrogen-bond acceptors (Lipinski definition) is 3. The van der Waals surface area contributed by atoms with E-state index in [9.17, 15) is 13.2 Å². The van der Waals surface area contributed by atoms with Crippen LogP contribution < -0.4 is 0 Å². The van der Waals surface area contributed by atoms with Gasteiger partial charge in [-0.2, -0.15) is 18.3 Å². The molecule has 4 rings (SSSR count). The summed E-state index contributed by atoms with van der Waals surface area (Å²) in [6.45, 7) is 4.08. The van der Waals surface area contributed by atoms with Crippen LogP contribution in [0.1, 0.15) is 35.2 Å². The molecule has 2 saturated heterocycles. The zero-order valence-electron chi connectivity index (χ0n) is 14.4. The van der Waals surface area contributed by atoms with Crippen LogP contribution in [0.4, 0.5) is 13.2 Å². The van der Waals surface area contributed by atoms with Crippen LogP contribution >= 0.6 is 0 Å². The largest absolute Gasteiger partial charge is 0.435 e. The maximum atomic E-state index is 12.9. The summed E-state index contributed by atoms with van der Waals surface area (Å²) in [6, 6.07) is 11.2. The molecule has 2 aliphatic rings. The number of rotatable bonds is 4. The number of H-pyrrole nitrogens is 1. The third kappa shape index (κ3) is 3.64. The molecule has 2 fully saturated rings. The van der Waals surface area contributed by atoms with E-state index < -0.39 is 11.9 Å². The van der Waals surface area contributed by atoms with Gasteiger partial charge in [-0.05, 0) is 24.0 Å². The first-order valence-electron chi connectivity index (χ1n) is 8.98. The third-order valence-electron chi connectivity index (χ3n) is 5.45. The van der Waals surface area contributed by atoms with Gasteiger partial charge >= 0.3 is 6.18 Å². The van der Waals surface area contributed by atoms with E-state index >= 15 is 0 Å². The number of nitrogens with zero attached hydrogens (tertiary/aromatic N) is 2. The van der Waals surface area contributed by atoms with Crippen LogP contribution in [0.25, 0.3) is 0 Å². The van der Waals surface area contributed by atoms with Crippen molar-refractivity contribution < 1.29 is 17.9 Å². The Kier molecular flexibility index (Phi) is 4.75. The van der Waals surface area contributed by atoms with Crippen molar-refractivity contribution in [3.63, 3.8) is 0 Å². The summed E-state index contributed by atoms with van der Waals surface area (Å²) in [5.74, 6) is 0.640. The summed E-state index contributed by atoms with van der Waals surface area (Å²) in [6.07, 6.45) is -3.37. The number of nitrogens with one attached hydrogen (secondary N) is 1. The summed E-state index contributed by atoms with van der Waals surface area (Å²) in [7, 11) is 0. The standard InChI is InChI=1S/C19H22F3N3O/c20-19(21,22)18-8-17(23-24-18)16-11-25(9-13-6-7-26-12-13)10-15(16)14-4-2-1-3-5-14/h1-5,8,13,15-16H,6-7,9-12H2,(H,23,24)/t13-,15+,16-/m1/s1. The number of alkyl halides is 3. The fourth-order valence-electron chi connectivity index (χ4n) is 4.15. The van der Waals surface area contributed by atoms with Crippen molar-refractivity contribution in [1.82, 2.24) is 15.1 Å². The predicted molar refractivity (Wildman–Crippen MR) is 90.9 cm³/mol. The van der Waals surface area contributed by atoms with E-state index in [1.54, 1.807) is 0 Å². The van der Waals surface area contributed by atoms with Gasteiger partial charge in [-0.3, -0.25) is 5.10 Å². The van der Waals surface area contributed by atoms with Gasteiger partial charge in [0.05, 0.1) is 6.61 Å². The van der Waals surface area contributed by atoms with Crippen LogP contribution in [0.3, 0.4) is 0 Å². The molecule has 2 aromatic rings. The minimum Gasteiger partial charge on any atom is -0.381 e. The van der Waals surface area contributed by atoms with Crippen LogP contribution in [0.2, 0.25) is 0 Å². The van der Waals surface area contributed by atoms with Gasteiger partial charge in [-0.1, -0.05) is 30.3 Å². The molecule has 1 aromatic heterocycles. The van der Waals surface area contributed by atoms with Crippen LogP contribution in [-0.2, 0) is 10.9 Å². The zero-order valence-corrected chi connectivity index (χ0v) is 14.4. The van der Waals surface area contributed by atoms with Gasteiger partial charge in [0, 0.05) is 43.8 Å².